The molecule has 32 heavy (non-hydrogen) atoms. The van der Waals surface area contributed by atoms with Crippen molar-refractivity contribution in [2.45, 2.75) is 33.7 Å². The number of hydrogen-bond donors (Lipinski definition) is 1. The van der Waals surface area contributed by atoms with Crippen LogP contribution in [0.5, 0.6) is 5.75 Å². The van der Waals surface area contributed by atoms with Crippen molar-refractivity contribution in [1.29, 1.82) is 0 Å². The molecule has 0 saturated heterocycles. The van der Waals surface area contributed by atoms with Crippen LogP contribution in [-0.4, -0.2) is 11.0 Å². The quantitative estimate of drug-likeness (QED) is 0.462. The zero-order valence-corrected chi connectivity index (χ0v) is 18.4. The fourth-order valence-corrected chi connectivity index (χ4v) is 4.34. The number of aryl methyl sites for hydroxylation is 4. The molecule has 5 heteroatoms. The van der Waals surface area contributed by atoms with E-state index in [9.17, 15) is 14.7 Å². The summed E-state index contributed by atoms with van der Waals surface area (Å²) in [4.78, 5) is 28.9. The molecule has 0 saturated carbocycles. The molecule has 1 aromatic heterocycles. The maximum Gasteiger partial charge on any atom is 0.295 e. The molecule has 0 radical (unpaired) electrons. The Bertz CT molecular complexity index is 1460. The van der Waals surface area contributed by atoms with E-state index in [1.807, 2.05) is 58.0 Å². The first-order valence-electron chi connectivity index (χ1n) is 10.5. The van der Waals surface area contributed by atoms with Crippen LogP contribution in [-0.2, 0) is 0 Å². The van der Waals surface area contributed by atoms with Crippen molar-refractivity contribution in [1.82, 2.24) is 0 Å². The molecule has 0 aliphatic carbocycles. The smallest absolute Gasteiger partial charge is 0.295 e. The number of carbonyl (C=O) groups excluding carboxylic acids is 1. The molecule has 1 N–H and O–H groups in total. The van der Waals surface area contributed by atoms with Gasteiger partial charge in [0.25, 0.3) is 5.91 Å². The lowest BCUT2D eigenvalue weighted by molar-refractivity contribution is 0.0971. The number of amides is 1. The van der Waals surface area contributed by atoms with E-state index >= 15 is 0 Å². The van der Waals surface area contributed by atoms with Gasteiger partial charge in [0.05, 0.1) is 17.0 Å². The minimum Gasteiger partial charge on any atom is -0.508 e. The Morgan fingerprint density at radius 2 is 1.47 bits per heavy atom. The molecule has 1 atom stereocenters. The second kappa shape index (κ2) is 7.09. The number of aromatic hydroxyl groups is 1. The molecular formula is C27H23NO4. The molecule has 0 spiro atoms. The summed E-state index contributed by atoms with van der Waals surface area (Å²) in [5.74, 6) is -0.159. The molecule has 3 aromatic carbocycles. The highest BCUT2D eigenvalue weighted by molar-refractivity contribution is 6.10. The van der Waals surface area contributed by atoms with E-state index in [0.717, 1.165) is 27.8 Å². The average molecular weight is 425 g/mol. The molecule has 1 aliphatic heterocycles. The van der Waals surface area contributed by atoms with Crippen LogP contribution in [0, 0.1) is 27.7 Å². The molecule has 0 bridgehead atoms. The van der Waals surface area contributed by atoms with E-state index in [1.165, 1.54) is 0 Å². The Morgan fingerprint density at radius 3 is 2.16 bits per heavy atom. The highest BCUT2D eigenvalue weighted by atomic mass is 16.3. The minimum absolute atomic E-state index is 0.0713. The number of carbonyl (C=O) groups is 1. The summed E-state index contributed by atoms with van der Waals surface area (Å²) in [6.07, 6.45) is 0. The van der Waals surface area contributed by atoms with Gasteiger partial charge in [-0.3, -0.25) is 14.5 Å². The van der Waals surface area contributed by atoms with Crippen LogP contribution in [0.3, 0.4) is 0 Å². The second-order valence-corrected chi connectivity index (χ2v) is 8.54. The summed E-state index contributed by atoms with van der Waals surface area (Å²) >= 11 is 0. The summed E-state index contributed by atoms with van der Waals surface area (Å²) in [5.41, 5.74) is 6.10. The third-order valence-electron chi connectivity index (χ3n) is 6.46. The number of phenols is 1. The SMILES string of the molecule is Cc1ccc(N2C(=O)c3oc4cc(C)c(C)cc4c(=O)c3C2c2ccc(O)cc2)cc1C. The van der Waals surface area contributed by atoms with Gasteiger partial charge in [-0.25, -0.2) is 0 Å². The van der Waals surface area contributed by atoms with Crippen molar-refractivity contribution in [2.24, 2.45) is 0 Å². The standard InChI is InChI=1S/C27H23NO4/c1-14-5-8-19(11-15(14)2)28-24(18-6-9-20(29)10-7-18)23-25(30)21-12-16(3)17(4)13-22(21)32-26(23)27(28)31/h5-13,24,29H,1-4H3. The van der Waals surface area contributed by atoms with Gasteiger partial charge < -0.3 is 9.52 Å². The minimum atomic E-state index is -0.650. The van der Waals surface area contributed by atoms with E-state index in [1.54, 1.807) is 29.2 Å². The van der Waals surface area contributed by atoms with E-state index in [4.69, 9.17) is 4.42 Å². The molecule has 1 amide bonds. The Kier molecular flexibility index (Phi) is 4.45. The number of hydrogen-bond acceptors (Lipinski definition) is 4. The third-order valence-corrected chi connectivity index (χ3v) is 6.46. The fourth-order valence-electron chi connectivity index (χ4n) is 4.34. The van der Waals surface area contributed by atoms with Crippen molar-refractivity contribution in [3.8, 4) is 5.75 Å². The topological polar surface area (TPSA) is 70.8 Å². The van der Waals surface area contributed by atoms with Gasteiger partial charge in [0.1, 0.15) is 11.3 Å². The molecule has 5 nitrogen and oxygen atoms in total. The molecule has 1 unspecified atom stereocenters. The van der Waals surface area contributed by atoms with E-state index in [2.05, 4.69) is 0 Å². The first-order chi connectivity index (χ1) is 15.3. The van der Waals surface area contributed by atoms with Crippen LogP contribution in [0.4, 0.5) is 5.69 Å². The molecule has 5 rings (SSSR count). The lowest BCUT2D eigenvalue weighted by atomic mass is 9.97. The molecular weight excluding hydrogens is 402 g/mol. The molecule has 160 valence electrons. The van der Waals surface area contributed by atoms with E-state index in [0.29, 0.717) is 22.2 Å². The van der Waals surface area contributed by atoms with Crippen molar-refractivity contribution in [3.63, 3.8) is 0 Å². The largest absolute Gasteiger partial charge is 0.508 e. The van der Waals surface area contributed by atoms with Crippen LogP contribution >= 0.6 is 0 Å². The van der Waals surface area contributed by atoms with Crippen molar-refractivity contribution < 1.29 is 14.3 Å². The zero-order chi connectivity index (χ0) is 22.7. The van der Waals surface area contributed by atoms with Crippen LogP contribution in [0.15, 0.2) is 63.8 Å². The van der Waals surface area contributed by atoms with Gasteiger partial charge >= 0.3 is 0 Å². The molecule has 2 heterocycles. The first kappa shape index (κ1) is 20.1. The average Bonchev–Trinajstić information content (AvgIpc) is 3.05. The highest BCUT2D eigenvalue weighted by Gasteiger charge is 2.43. The Balaban J connectivity index is 1.82. The van der Waals surface area contributed by atoms with E-state index < -0.39 is 6.04 Å². The van der Waals surface area contributed by atoms with Gasteiger partial charge in [-0.15, -0.1) is 0 Å². The summed E-state index contributed by atoms with van der Waals surface area (Å²) in [6, 6.07) is 15.4. The van der Waals surface area contributed by atoms with Crippen molar-refractivity contribution in [3.05, 3.63) is 104 Å². The van der Waals surface area contributed by atoms with Gasteiger partial charge in [0.15, 0.2) is 5.43 Å². The van der Waals surface area contributed by atoms with Crippen LogP contribution in [0.2, 0.25) is 0 Å². The van der Waals surface area contributed by atoms with Crippen LogP contribution < -0.4 is 10.3 Å². The van der Waals surface area contributed by atoms with Crippen LogP contribution in [0.1, 0.15) is 50.0 Å². The number of anilines is 1. The summed E-state index contributed by atoms with van der Waals surface area (Å²) in [6.45, 7) is 7.90. The number of rotatable bonds is 2. The Morgan fingerprint density at radius 1 is 0.812 bits per heavy atom. The van der Waals surface area contributed by atoms with Gasteiger partial charge in [-0.1, -0.05) is 18.2 Å². The Hall–Kier alpha value is -3.86. The van der Waals surface area contributed by atoms with Gasteiger partial charge in [-0.2, -0.15) is 0 Å². The summed E-state index contributed by atoms with van der Waals surface area (Å²) in [5, 5.41) is 10.3. The summed E-state index contributed by atoms with van der Waals surface area (Å²) in [7, 11) is 0. The summed E-state index contributed by atoms with van der Waals surface area (Å²) < 4.78 is 6.07. The second-order valence-electron chi connectivity index (χ2n) is 8.54. The maximum absolute atomic E-state index is 13.7. The number of benzene rings is 3. The number of nitrogens with zero attached hydrogens (tertiary/aromatic N) is 1. The maximum atomic E-state index is 13.7. The zero-order valence-electron chi connectivity index (χ0n) is 18.4. The molecule has 4 aromatic rings. The van der Waals surface area contributed by atoms with Gasteiger partial charge in [0.2, 0.25) is 5.76 Å². The third kappa shape index (κ3) is 2.93. The predicted molar refractivity (Wildman–Crippen MR) is 125 cm³/mol. The lowest BCUT2D eigenvalue weighted by Crippen LogP contribution is -2.29. The van der Waals surface area contributed by atoms with Crippen molar-refractivity contribution in [2.75, 3.05) is 4.90 Å². The van der Waals surface area contributed by atoms with Crippen LogP contribution in [0.25, 0.3) is 11.0 Å². The van der Waals surface area contributed by atoms with Gasteiger partial charge in [0, 0.05) is 5.69 Å². The molecule has 1 aliphatic rings. The number of fused-ring (bicyclic) bond motifs is 2. The van der Waals surface area contributed by atoms with Gasteiger partial charge in [-0.05, 0) is 91.9 Å². The lowest BCUT2D eigenvalue weighted by Gasteiger charge is -2.26. The predicted octanol–water partition coefficient (Wildman–Crippen LogP) is 5.48. The number of phenolic OH excluding ortho intramolecular Hbond substituents is 1. The fraction of sp³-hybridized carbons (Fsp3) is 0.185. The highest BCUT2D eigenvalue weighted by Crippen LogP contribution is 2.42. The monoisotopic (exact) mass is 425 g/mol. The van der Waals surface area contributed by atoms with Crippen molar-refractivity contribution >= 4 is 22.6 Å². The van der Waals surface area contributed by atoms with E-state index in [-0.39, 0.29) is 22.8 Å². The Labute approximate surface area is 185 Å². The normalized spacial score (nSPS) is 15.4. The molecule has 0 fully saturated rings. The first-order valence-corrected chi connectivity index (χ1v) is 10.5.